The van der Waals surface area contributed by atoms with Gasteiger partial charge in [-0.15, -0.1) is 0 Å². The Hall–Kier alpha value is -1.82. The lowest BCUT2D eigenvalue weighted by molar-refractivity contribution is -0.122. The van der Waals surface area contributed by atoms with Crippen molar-refractivity contribution in [3.63, 3.8) is 0 Å². The third-order valence-electron chi connectivity index (χ3n) is 2.38. The maximum Gasteiger partial charge on any atom is 0.339 e. The van der Waals surface area contributed by atoms with Crippen molar-refractivity contribution in [1.29, 1.82) is 0 Å². The molecule has 1 aromatic heterocycles. The molecule has 0 aliphatic rings. The first-order valence-electron chi connectivity index (χ1n) is 5.79. The number of nitrogens with one attached hydrogen (secondary N) is 1. The van der Waals surface area contributed by atoms with Gasteiger partial charge in [0.1, 0.15) is 11.3 Å². The summed E-state index contributed by atoms with van der Waals surface area (Å²) in [6.45, 7) is 3.12. The van der Waals surface area contributed by atoms with E-state index in [1.165, 1.54) is 12.3 Å². The molecule has 1 rings (SSSR count). The molecule has 0 spiro atoms. The van der Waals surface area contributed by atoms with Gasteiger partial charge in [-0.25, -0.2) is 4.79 Å². The number of aromatic carboxylic acids is 1. The highest BCUT2D eigenvalue weighted by Crippen LogP contribution is 2.12. The zero-order valence-corrected chi connectivity index (χ0v) is 10.6. The van der Waals surface area contributed by atoms with E-state index in [1.54, 1.807) is 11.9 Å². The predicted octanol–water partition coefficient (Wildman–Crippen LogP) is 0.936. The van der Waals surface area contributed by atoms with Crippen molar-refractivity contribution in [3.8, 4) is 0 Å². The molecule has 0 aromatic carbocycles. The van der Waals surface area contributed by atoms with Crippen LogP contribution in [0.4, 0.5) is 0 Å². The molecule has 0 saturated carbocycles. The number of carboxylic acid groups (broad SMARTS) is 1. The fraction of sp³-hybridized carbons (Fsp3) is 0.500. The van der Waals surface area contributed by atoms with Gasteiger partial charge in [0.25, 0.3) is 0 Å². The van der Waals surface area contributed by atoms with Gasteiger partial charge in [0.15, 0.2) is 0 Å². The minimum Gasteiger partial charge on any atom is -0.478 e. The van der Waals surface area contributed by atoms with Crippen LogP contribution in [0.1, 0.15) is 29.5 Å². The van der Waals surface area contributed by atoms with E-state index < -0.39 is 5.97 Å². The van der Waals surface area contributed by atoms with Gasteiger partial charge in [-0.05, 0) is 19.5 Å². The highest BCUT2D eigenvalue weighted by atomic mass is 16.4. The van der Waals surface area contributed by atoms with E-state index in [0.717, 1.165) is 6.42 Å². The Morgan fingerprint density at radius 2 is 2.22 bits per heavy atom. The van der Waals surface area contributed by atoms with Crippen LogP contribution in [0.15, 0.2) is 16.7 Å². The highest BCUT2D eigenvalue weighted by Gasteiger charge is 2.16. The molecule has 100 valence electrons. The van der Waals surface area contributed by atoms with E-state index in [1.807, 2.05) is 6.92 Å². The summed E-state index contributed by atoms with van der Waals surface area (Å²) in [6, 6.07) is 1.41. The zero-order chi connectivity index (χ0) is 13.5. The summed E-state index contributed by atoms with van der Waals surface area (Å²) in [6.07, 6.45) is 2.22. The lowest BCUT2D eigenvalue weighted by atomic mass is 10.2. The first-order valence-corrected chi connectivity index (χ1v) is 5.79. The molecule has 0 bridgehead atoms. The van der Waals surface area contributed by atoms with Gasteiger partial charge in [0.05, 0.1) is 19.4 Å². The molecule has 18 heavy (non-hydrogen) atoms. The molecule has 0 saturated heterocycles. The van der Waals surface area contributed by atoms with Gasteiger partial charge in [-0.3, -0.25) is 9.69 Å². The number of likely N-dealkylation sites (N-methyl/N-ethyl adjacent to an activating group) is 1. The van der Waals surface area contributed by atoms with Gasteiger partial charge in [-0.1, -0.05) is 6.92 Å². The summed E-state index contributed by atoms with van der Waals surface area (Å²) >= 11 is 0. The third kappa shape index (κ3) is 4.21. The molecule has 0 radical (unpaired) electrons. The summed E-state index contributed by atoms with van der Waals surface area (Å²) in [5.41, 5.74) is 0.135. The van der Waals surface area contributed by atoms with Crippen LogP contribution in [0.5, 0.6) is 0 Å². The predicted molar refractivity (Wildman–Crippen MR) is 65.3 cm³/mol. The first kappa shape index (κ1) is 14.2. The Morgan fingerprint density at radius 1 is 1.50 bits per heavy atom. The fourth-order valence-corrected chi connectivity index (χ4v) is 1.52. The van der Waals surface area contributed by atoms with E-state index in [9.17, 15) is 9.59 Å². The van der Waals surface area contributed by atoms with Crippen molar-refractivity contribution in [3.05, 3.63) is 23.7 Å². The van der Waals surface area contributed by atoms with Crippen LogP contribution < -0.4 is 5.32 Å². The van der Waals surface area contributed by atoms with Crippen LogP contribution in [-0.2, 0) is 11.3 Å². The Bertz CT molecular complexity index is 414. The molecule has 1 heterocycles. The Morgan fingerprint density at radius 3 is 2.83 bits per heavy atom. The van der Waals surface area contributed by atoms with Crippen molar-refractivity contribution in [1.82, 2.24) is 10.2 Å². The van der Waals surface area contributed by atoms with Gasteiger partial charge < -0.3 is 14.8 Å². The number of carbonyl (C=O) groups is 2. The molecule has 6 heteroatoms. The fourth-order valence-electron chi connectivity index (χ4n) is 1.52. The maximum atomic E-state index is 11.5. The molecule has 0 fully saturated rings. The van der Waals surface area contributed by atoms with Crippen molar-refractivity contribution < 1.29 is 19.1 Å². The van der Waals surface area contributed by atoms with E-state index in [2.05, 4.69) is 5.32 Å². The highest BCUT2D eigenvalue weighted by molar-refractivity contribution is 5.88. The summed E-state index contributed by atoms with van der Waals surface area (Å²) < 4.78 is 5.11. The second-order valence-corrected chi connectivity index (χ2v) is 4.08. The van der Waals surface area contributed by atoms with Crippen LogP contribution in [0.2, 0.25) is 0 Å². The summed E-state index contributed by atoms with van der Waals surface area (Å²) in [5.74, 6) is -0.751. The number of amides is 1. The minimum atomic E-state index is -1.03. The van der Waals surface area contributed by atoms with Gasteiger partial charge in [-0.2, -0.15) is 0 Å². The number of rotatable bonds is 7. The van der Waals surface area contributed by atoms with Crippen LogP contribution in [-0.4, -0.2) is 42.0 Å². The normalized spacial score (nSPS) is 10.6. The molecule has 0 atom stereocenters. The minimum absolute atomic E-state index is 0.0808. The third-order valence-corrected chi connectivity index (χ3v) is 2.38. The molecule has 6 nitrogen and oxygen atoms in total. The summed E-state index contributed by atoms with van der Waals surface area (Å²) in [7, 11) is 1.74. The molecule has 0 aliphatic heterocycles. The Balaban J connectivity index is 2.49. The van der Waals surface area contributed by atoms with Crippen molar-refractivity contribution >= 4 is 11.9 Å². The average Bonchev–Trinajstić information content (AvgIpc) is 2.74. The van der Waals surface area contributed by atoms with Crippen LogP contribution in [0.25, 0.3) is 0 Å². The molecule has 1 amide bonds. The molecule has 0 aliphatic carbocycles. The topological polar surface area (TPSA) is 82.8 Å². The van der Waals surface area contributed by atoms with Gasteiger partial charge >= 0.3 is 5.97 Å². The van der Waals surface area contributed by atoms with Crippen molar-refractivity contribution in [2.75, 3.05) is 20.1 Å². The number of hydrogen-bond acceptors (Lipinski definition) is 4. The molecular weight excluding hydrogens is 236 g/mol. The van der Waals surface area contributed by atoms with Crippen LogP contribution >= 0.6 is 0 Å². The number of furan rings is 1. The van der Waals surface area contributed by atoms with Crippen molar-refractivity contribution in [2.45, 2.75) is 19.9 Å². The number of nitrogens with zero attached hydrogens (tertiary/aromatic N) is 1. The monoisotopic (exact) mass is 254 g/mol. The van der Waals surface area contributed by atoms with E-state index >= 15 is 0 Å². The number of carbonyl (C=O) groups excluding carboxylic acids is 1. The van der Waals surface area contributed by atoms with E-state index in [4.69, 9.17) is 9.52 Å². The van der Waals surface area contributed by atoms with Crippen molar-refractivity contribution in [2.24, 2.45) is 0 Å². The quantitative estimate of drug-likeness (QED) is 0.756. The second kappa shape index (κ2) is 6.80. The standard InChI is InChI=1S/C12H18N2O4/c1-3-5-13-11(15)8-14(2)7-10-9(12(16)17)4-6-18-10/h4,6H,3,5,7-8H2,1-2H3,(H,13,15)(H,16,17). The van der Waals surface area contributed by atoms with Crippen LogP contribution in [0, 0.1) is 0 Å². The number of carboxylic acids is 1. The second-order valence-electron chi connectivity index (χ2n) is 4.08. The first-order chi connectivity index (χ1) is 8.54. The molecule has 0 unspecified atom stereocenters. The molecule has 1 aromatic rings. The summed E-state index contributed by atoms with van der Waals surface area (Å²) in [4.78, 5) is 24.0. The largest absolute Gasteiger partial charge is 0.478 e. The van der Waals surface area contributed by atoms with E-state index in [-0.39, 0.29) is 24.6 Å². The zero-order valence-electron chi connectivity index (χ0n) is 10.6. The lowest BCUT2D eigenvalue weighted by Gasteiger charge is -2.15. The van der Waals surface area contributed by atoms with Gasteiger partial charge in [0, 0.05) is 6.54 Å². The smallest absolute Gasteiger partial charge is 0.339 e. The Labute approximate surface area is 106 Å². The van der Waals surface area contributed by atoms with Gasteiger partial charge in [0.2, 0.25) is 5.91 Å². The maximum absolute atomic E-state index is 11.5. The molecular formula is C12H18N2O4. The number of hydrogen-bond donors (Lipinski definition) is 2. The lowest BCUT2D eigenvalue weighted by Crippen LogP contribution is -2.35. The van der Waals surface area contributed by atoms with E-state index in [0.29, 0.717) is 12.3 Å². The SMILES string of the molecule is CCCNC(=O)CN(C)Cc1occc1C(=O)O. The Kier molecular flexibility index (Phi) is 5.38. The molecule has 2 N–H and O–H groups in total. The average molecular weight is 254 g/mol. The van der Waals surface area contributed by atoms with Crippen LogP contribution in [0.3, 0.4) is 0 Å². The summed E-state index contributed by atoms with van der Waals surface area (Å²) in [5, 5.41) is 11.7.